The van der Waals surface area contributed by atoms with Crippen LogP contribution in [0.25, 0.3) is 0 Å². The largest absolute Gasteiger partial charge is 0.409 e. The van der Waals surface area contributed by atoms with Gasteiger partial charge in [-0.25, -0.2) is 4.72 Å². The molecule has 0 rings (SSSR count). The van der Waals surface area contributed by atoms with Gasteiger partial charge in [0, 0.05) is 7.05 Å². The van der Waals surface area contributed by atoms with Crippen LogP contribution < -0.4 is 15.2 Å². The van der Waals surface area contributed by atoms with Gasteiger partial charge in [-0.05, 0) is 13.3 Å². The lowest BCUT2D eigenvalue weighted by Gasteiger charge is -2.27. The Morgan fingerprint density at radius 3 is 2.43 bits per heavy atom. The van der Waals surface area contributed by atoms with Gasteiger partial charge in [-0.3, -0.25) is 0 Å². The number of nitrogens with one attached hydrogen (secondary N) is 2. The number of nitrogens with two attached hydrogens (primary N) is 1. The summed E-state index contributed by atoms with van der Waals surface area (Å²) in [5.74, 6) is -0.182. The molecule has 8 heteroatoms. The van der Waals surface area contributed by atoms with E-state index < -0.39 is 15.7 Å². The first kappa shape index (κ1) is 13.1. The average molecular weight is 224 g/mol. The van der Waals surface area contributed by atoms with Crippen LogP contribution in [0.5, 0.6) is 0 Å². The van der Waals surface area contributed by atoms with Gasteiger partial charge in [0.05, 0.1) is 5.54 Å². The second-order valence-electron chi connectivity index (χ2n) is 2.98. The molecule has 0 amide bonds. The van der Waals surface area contributed by atoms with Crippen LogP contribution in [0.4, 0.5) is 0 Å². The third-order valence-corrected chi connectivity index (χ3v) is 3.27. The van der Waals surface area contributed by atoms with E-state index in [0.29, 0.717) is 6.42 Å². The molecule has 0 heterocycles. The van der Waals surface area contributed by atoms with Gasteiger partial charge < -0.3 is 10.9 Å². The standard InChI is InChI=1S/C6H16N4O3S/c1-4-6(2,5(7)9-11)10-14(12,13)8-3/h8,10-11H,4H2,1-3H3,(H2,7,9). The van der Waals surface area contributed by atoms with Crippen molar-refractivity contribution in [1.82, 2.24) is 9.44 Å². The molecular formula is C6H16N4O3S. The maximum atomic E-state index is 11.2. The molecule has 84 valence electrons. The van der Waals surface area contributed by atoms with E-state index in [-0.39, 0.29) is 5.84 Å². The van der Waals surface area contributed by atoms with Crippen molar-refractivity contribution in [2.24, 2.45) is 10.9 Å². The molecular weight excluding hydrogens is 208 g/mol. The Bertz CT molecular complexity index is 313. The molecule has 0 aromatic rings. The second kappa shape index (κ2) is 4.58. The van der Waals surface area contributed by atoms with E-state index >= 15 is 0 Å². The molecule has 0 bridgehead atoms. The smallest absolute Gasteiger partial charge is 0.277 e. The minimum absolute atomic E-state index is 0.182. The van der Waals surface area contributed by atoms with Crippen molar-refractivity contribution in [2.45, 2.75) is 25.8 Å². The molecule has 0 aromatic heterocycles. The Balaban J connectivity index is 4.92. The topological polar surface area (TPSA) is 117 Å². The molecule has 0 spiro atoms. The summed E-state index contributed by atoms with van der Waals surface area (Å²) in [7, 11) is -2.35. The fraction of sp³-hybridized carbons (Fsp3) is 0.833. The Morgan fingerprint density at radius 2 is 2.14 bits per heavy atom. The molecule has 0 radical (unpaired) electrons. The Hall–Kier alpha value is -0.860. The Morgan fingerprint density at radius 1 is 1.64 bits per heavy atom. The first-order chi connectivity index (χ1) is 6.31. The van der Waals surface area contributed by atoms with Gasteiger partial charge in [0.2, 0.25) is 0 Å². The van der Waals surface area contributed by atoms with E-state index in [1.165, 1.54) is 14.0 Å². The maximum Gasteiger partial charge on any atom is 0.277 e. The zero-order chi connectivity index (χ0) is 11.4. The van der Waals surface area contributed by atoms with Crippen molar-refractivity contribution in [2.75, 3.05) is 7.05 Å². The van der Waals surface area contributed by atoms with Crippen LogP contribution in [0.1, 0.15) is 20.3 Å². The van der Waals surface area contributed by atoms with E-state index in [2.05, 4.69) is 14.6 Å². The fourth-order valence-electron chi connectivity index (χ4n) is 0.764. The highest BCUT2D eigenvalue weighted by Crippen LogP contribution is 2.10. The van der Waals surface area contributed by atoms with Gasteiger partial charge in [-0.2, -0.15) is 13.1 Å². The second-order valence-corrected chi connectivity index (χ2v) is 4.60. The molecule has 0 saturated heterocycles. The van der Waals surface area contributed by atoms with Crippen molar-refractivity contribution in [1.29, 1.82) is 0 Å². The Labute approximate surface area is 83.5 Å². The highest BCUT2D eigenvalue weighted by atomic mass is 32.2. The van der Waals surface area contributed by atoms with Crippen molar-refractivity contribution in [3.63, 3.8) is 0 Å². The summed E-state index contributed by atoms with van der Waals surface area (Å²) in [6.07, 6.45) is 0.365. The number of oxime groups is 1. The van der Waals surface area contributed by atoms with Crippen molar-refractivity contribution < 1.29 is 13.6 Å². The zero-order valence-corrected chi connectivity index (χ0v) is 9.22. The van der Waals surface area contributed by atoms with Gasteiger partial charge in [0.25, 0.3) is 10.2 Å². The molecule has 0 aromatic carbocycles. The molecule has 0 aliphatic carbocycles. The van der Waals surface area contributed by atoms with E-state index in [4.69, 9.17) is 10.9 Å². The molecule has 0 aliphatic heterocycles. The SMILES string of the molecule is CCC(C)(NS(=O)(=O)NC)C(N)=NO. The molecule has 14 heavy (non-hydrogen) atoms. The van der Waals surface area contributed by atoms with Crippen molar-refractivity contribution in [3.8, 4) is 0 Å². The van der Waals surface area contributed by atoms with E-state index in [1.807, 2.05) is 0 Å². The van der Waals surface area contributed by atoms with E-state index in [1.54, 1.807) is 6.92 Å². The summed E-state index contributed by atoms with van der Waals surface area (Å²) < 4.78 is 26.7. The summed E-state index contributed by atoms with van der Waals surface area (Å²) in [6, 6.07) is 0. The minimum Gasteiger partial charge on any atom is -0.409 e. The lowest BCUT2D eigenvalue weighted by atomic mass is 10.00. The molecule has 1 unspecified atom stereocenters. The number of hydrogen-bond acceptors (Lipinski definition) is 4. The lowest BCUT2D eigenvalue weighted by Crippen LogP contribution is -2.57. The lowest BCUT2D eigenvalue weighted by molar-refractivity contribution is 0.310. The normalized spacial score (nSPS) is 17.8. The highest BCUT2D eigenvalue weighted by molar-refractivity contribution is 7.87. The molecule has 1 atom stereocenters. The molecule has 0 saturated carbocycles. The van der Waals surface area contributed by atoms with Crippen molar-refractivity contribution in [3.05, 3.63) is 0 Å². The van der Waals surface area contributed by atoms with Gasteiger partial charge in [0.1, 0.15) is 0 Å². The zero-order valence-electron chi connectivity index (χ0n) is 8.40. The predicted octanol–water partition coefficient (Wildman–Crippen LogP) is -1.04. The van der Waals surface area contributed by atoms with Crippen LogP contribution in [0.15, 0.2) is 5.16 Å². The first-order valence-electron chi connectivity index (χ1n) is 4.01. The van der Waals surface area contributed by atoms with E-state index in [9.17, 15) is 8.42 Å². The van der Waals surface area contributed by atoms with Gasteiger partial charge in [-0.1, -0.05) is 12.1 Å². The van der Waals surface area contributed by atoms with Crippen LogP contribution in [0, 0.1) is 0 Å². The summed E-state index contributed by atoms with van der Waals surface area (Å²) in [6.45, 7) is 3.24. The maximum absolute atomic E-state index is 11.2. The average Bonchev–Trinajstić information content (AvgIpc) is 2.15. The number of hydrogen-bond donors (Lipinski definition) is 4. The quantitative estimate of drug-likeness (QED) is 0.206. The van der Waals surface area contributed by atoms with Crippen LogP contribution in [0.2, 0.25) is 0 Å². The minimum atomic E-state index is -3.62. The number of nitrogens with zero attached hydrogens (tertiary/aromatic N) is 1. The molecule has 0 aliphatic rings. The summed E-state index contributed by atoms with van der Waals surface area (Å²) in [5, 5.41) is 11.3. The number of rotatable bonds is 5. The van der Waals surface area contributed by atoms with Crippen LogP contribution in [-0.2, 0) is 10.2 Å². The first-order valence-corrected chi connectivity index (χ1v) is 5.50. The summed E-state index contributed by atoms with van der Waals surface area (Å²) in [4.78, 5) is 0. The predicted molar refractivity (Wildman–Crippen MR) is 53.2 cm³/mol. The van der Waals surface area contributed by atoms with Gasteiger partial charge in [0.15, 0.2) is 5.84 Å². The van der Waals surface area contributed by atoms with Crippen LogP contribution >= 0.6 is 0 Å². The molecule has 0 fully saturated rings. The van der Waals surface area contributed by atoms with Gasteiger partial charge in [-0.15, -0.1) is 0 Å². The summed E-state index contributed by atoms with van der Waals surface area (Å²) in [5.41, 5.74) is 4.28. The third kappa shape index (κ3) is 3.13. The third-order valence-electron chi connectivity index (χ3n) is 2.01. The van der Waals surface area contributed by atoms with Crippen LogP contribution in [0.3, 0.4) is 0 Å². The Kier molecular flexibility index (Phi) is 4.30. The van der Waals surface area contributed by atoms with Crippen molar-refractivity contribution >= 4 is 16.0 Å². The number of amidine groups is 1. The van der Waals surface area contributed by atoms with Crippen LogP contribution in [-0.4, -0.2) is 32.0 Å². The highest BCUT2D eigenvalue weighted by Gasteiger charge is 2.31. The van der Waals surface area contributed by atoms with Gasteiger partial charge >= 0.3 is 0 Å². The summed E-state index contributed by atoms with van der Waals surface area (Å²) >= 11 is 0. The fourth-order valence-corrected chi connectivity index (χ4v) is 1.71. The molecule has 7 nitrogen and oxygen atoms in total. The molecule has 5 N–H and O–H groups in total. The van der Waals surface area contributed by atoms with E-state index in [0.717, 1.165) is 0 Å². The monoisotopic (exact) mass is 224 g/mol.